The second-order valence-electron chi connectivity index (χ2n) is 26.3. The Morgan fingerprint density at radius 1 is 0.229 bits per heavy atom. The SMILES string of the molecule is CCCCCCCCC/C=C\CCCCCCCC(=O)OCC(COC(=O)CCCCCCCCCCCCCCCCCCCCCCCCCCCC)OC(=O)CCCCCCCCCCCCCCCCCCCCCCCCC. The van der Waals surface area contributed by atoms with Crippen LogP contribution in [0, 0.1) is 0 Å². The standard InChI is InChI=1S/C77H148O6/c1-4-7-10-13-16-19-22-25-28-31-33-35-37-38-39-41-42-44-46-49-52-55-58-61-64-67-70-76(79)82-73-74(72-81-75(78)69-66-63-60-57-54-51-48-30-27-24-21-18-15-12-9-6-3)83-77(80)71-68-65-62-59-56-53-50-47-45-43-40-36-34-32-29-26-23-20-17-14-11-8-5-2/h30,48,74H,4-29,31-47,49-73H2,1-3H3/b48-30-. The number of esters is 3. The van der Waals surface area contributed by atoms with Gasteiger partial charge in [0.2, 0.25) is 0 Å². The van der Waals surface area contributed by atoms with Crippen LogP contribution in [0.5, 0.6) is 0 Å². The summed E-state index contributed by atoms with van der Waals surface area (Å²) in [7, 11) is 0. The van der Waals surface area contributed by atoms with E-state index in [1.807, 2.05) is 0 Å². The van der Waals surface area contributed by atoms with Gasteiger partial charge in [0.05, 0.1) is 0 Å². The lowest BCUT2D eigenvalue weighted by Gasteiger charge is -2.18. The van der Waals surface area contributed by atoms with Crippen LogP contribution in [0.1, 0.15) is 445 Å². The van der Waals surface area contributed by atoms with Crippen LogP contribution in [0.4, 0.5) is 0 Å². The van der Waals surface area contributed by atoms with E-state index in [1.165, 1.54) is 340 Å². The van der Waals surface area contributed by atoms with Gasteiger partial charge in [0, 0.05) is 19.3 Å². The minimum Gasteiger partial charge on any atom is -0.462 e. The van der Waals surface area contributed by atoms with Crippen molar-refractivity contribution in [2.75, 3.05) is 13.2 Å². The Balaban J connectivity index is 4.23. The van der Waals surface area contributed by atoms with Crippen molar-refractivity contribution >= 4 is 17.9 Å². The van der Waals surface area contributed by atoms with Crippen LogP contribution < -0.4 is 0 Å². The minimum absolute atomic E-state index is 0.0653. The summed E-state index contributed by atoms with van der Waals surface area (Å²) in [5.41, 5.74) is 0. The number of allylic oxidation sites excluding steroid dienone is 2. The van der Waals surface area contributed by atoms with Crippen LogP contribution in [0.25, 0.3) is 0 Å². The fourth-order valence-electron chi connectivity index (χ4n) is 12.0. The second kappa shape index (κ2) is 72.6. The third-order valence-corrected chi connectivity index (χ3v) is 17.8. The largest absolute Gasteiger partial charge is 0.462 e. The van der Waals surface area contributed by atoms with Crippen LogP contribution in [0.3, 0.4) is 0 Å². The van der Waals surface area contributed by atoms with E-state index in [1.54, 1.807) is 0 Å². The zero-order valence-electron chi connectivity index (χ0n) is 56.8. The van der Waals surface area contributed by atoms with E-state index >= 15 is 0 Å². The van der Waals surface area contributed by atoms with Crippen molar-refractivity contribution in [3.05, 3.63) is 12.2 Å². The Morgan fingerprint density at radius 3 is 0.602 bits per heavy atom. The minimum atomic E-state index is -0.771. The zero-order chi connectivity index (χ0) is 59.9. The summed E-state index contributed by atoms with van der Waals surface area (Å²) >= 11 is 0. The number of hydrogen-bond acceptors (Lipinski definition) is 6. The molecule has 83 heavy (non-hydrogen) atoms. The summed E-state index contributed by atoms with van der Waals surface area (Å²) in [5, 5.41) is 0. The van der Waals surface area contributed by atoms with Crippen molar-refractivity contribution in [3.63, 3.8) is 0 Å². The summed E-state index contributed by atoms with van der Waals surface area (Å²) in [5.74, 6) is -0.833. The van der Waals surface area contributed by atoms with Gasteiger partial charge in [-0.2, -0.15) is 0 Å². The molecule has 0 aromatic heterocycles. The summed E-state index contributed by atoms with van der Waals surface area (Å²) in [6.07, 6.45) is 88.3. The van der Waals surface area contributed by atoms with Crippen molar-refractivity contribution in [1.29, 1.82) is 0 Å². The molecule has 1 atom stereocenters. The molecule has 0 aliphatic rings. The molecule has 0 radical (unpaired) electrons. The Morgan fingerprint density at radius 2 is 0.398 bits per heavy atom. The molecule has 6 heteroatoms. The van der Waals surface area contributed by atoms with Gasteiger partial charge in [0.15, 0.2) is 6.10 Å². The van der Waals surface area contributed by atoms with Crippen molar-refractivity contribution in [3.8, 4) is 0 Å². The van der Waals surface area contributed by atoms with Gasteiger partial charge >= 0.3 is 17.9 Å². The molecular weight excluding hydrogens is 1020 g/mol. The molecule has 492 valence electrons. The molecule has 0 saturated carbocycles. The van der Waals surface area contributed by atoms with Gasteiger partial charge in [0.1, 0.15) is 13.2 Å². The van der Waals surface area contributed by atoms with Gasteiger partial charge in [-0.1, -0.05) is 392 Å². The summed E-state index contributed by atoms with van der Waals surface area (Å²) in [4.78, 5) is 38.5. The molecule has 0 aromatic rings. The average Bonchev–Trinajstić information content (AvgIpc) is 3.49. The Hall–Kier alpha value is -1.85. The molecule has 0 amide bonds. The van der Waals surface area contributed by atoms with E-state index in [0.717, 1.165) is 64.2 Å². The average molecular weight is 1170 g/mol. The first-order chi connectivity index (χ1) is 41.0. The first-order valence-corrected chi connectivity index (χ1v) is 38.2. The molecule has 0 aliphatic carbocycles. The highest BCUT2D eigenvalue weighted by molar-refractivity contribution is 5.71. The van der Waals surface area contributed by atoms with Gasteiger partial charge < -0.3 is 14.2 Å². The Bertz CT molecular complexity index is 1300. The van der Waals surface area contributed by atoms with E-state index in [0.29, 0.717) is 19.3 Å². The molecule has 0 spiro atoms. The molecular formula is C77H148O6. The van der Waals surface area contributed by atoms with Gasteiger partial charge in [-0.15, -0.1) is 0 Å². The normalized spacial score (nSPS) is 12.0. The van der Waals surface area contributed by atoms with Gasteiger partial charge in [-0.05, 0) is 44.9 Å². The zero-order valence-corrected chi connectivity index (χ0v) is 56.8. The lowest BCUT2D eigenvalue weighted by molar-refractivity contribution is -0.167. The molecule has 0 aliphatic heterocycles. The molecule has 0 bridgehead atoms. The highest BCUT2D eigenvalue weighted by Gasteiger charge is 2.20. The molecule has 0 aromatic carbocycles. The molecule has 0 rings (SSSR count). The van der Waals surface area contributed by atoms with Crippen molar-refractivity contribution < 1.29 is 28.6 Å². The highest BCUT2D eigenvalue weighted by atomic mass is 16.6. The maximum atomic E-state index is 13.0. The van der Waals surface area contributed by atoms with E-state index in [9.17, 15) is 14.4 Å². The summed E-state index contributed by atoms with van der Waals surface area (Å²) < 4.78 is 17.0. The number of carbonyl (C=O) groups is 3. The molecule has 0 fully saturated rings. The molecule has 0 heterocycles. The molecule has 6 nitrogen and oxygen atoms in total. The van der Waals surface area contributed by atoms with Gasteiger partial charge in [-0.25, -0.2) is 0 Å². The number of hydrogen-bond donors (Lipinski definition) is 0. The van der Waals surface area contributed by atoms with E-state index in [2.05, 4.69) is 32.9 Å². The fourth-order valence-corrected chi connectivity index (χ4v) is 12.0. The van der Waals surface area contributed by atoms with Crippen LogP contribution in [-0.4, -0.2) is 37.2 Å². The first-order valence-electron chi connectivity index (χ1n) is 38.2. The maximum Gasteiger partial charge on any atom is 0.306 e. The highest BCUT2D eigenvalue weighted by Crippen LogP contribution is 2.20. The van der Waals surface area contributed by atoms with Crippen LogP contribution in [-0.2, 0) is 28.6 Å². The van der Waals surface area contributed by atoms with Crippen LogP contribution in [0.15, 0.2) is 12.2 Å². The number of unbranched alkanes of at least 4 members (excludes halogenated alkanes) is 59. The predicted molar refractivity (Wildman–Crippen MR) is 363 cm³/mol. The third-order valence-electron chi connectivity index (χ3n) is 17.8. The third kappa shape index (κ3) is 70.8. The lowest BCUT2D eigenvalue weighted by Crippen LogP contribution is -2.30. The van der Waals surface area contributed by atoms with Crippen molar-refractivity contribution in [2.45, 2.75) is 451 Å². The van der Waals surface area contributed by atoms with Gasteiger partial charge in [-0.3, -0.25) is 14.4 Å². The van der Waals surface area contributed by atoms with Crippen molar-refractivity contribution in [2.24, 2.45) is 0 Å². The molecule has 0 saturated heterocycles. The fraction of sp³-hybridized carbons (Fsp3) is 0.935. The Labute approximate surface area is 520 Å². The van der Waals surface area contributed by atoms with Gasteiger partial charge in [0.25, 0.3) is 0 Å². The topological polar surface area (TPSA) is 78.9 Å². The van der Waals surface area contributed by atoms with Crippen LogP contribution >= 0.6 is 0 Å². The number of rotatable bonds is 72. The first kappa shape index (κ1) is 81.2. The Kier molecular flexibility index (Phi) is 71.0. The monoisotopic (exact) mass is 1170 g/mol. The second-order valence-corrected chi connectivity index (χ2v) is 26.3. The number of carbonyl (C=O) groups excluding carboxylic acids is 3. The van der Waals surface area contributed by atoms with E-state index < -0.39 is 6.10 Å². The lowest BCUT2D eigenvalue weighted by atomic mass is 10.0. The predicted octanol–water partition coefficient (Wildman–Crippen LogP) is 26.3. The van der Waals surface area contributed by atoms with Crippen molar-refractivity contribution in [1.82, 2.24) is 0 Å². The number of ether oxygens (including phenoxy) is 3. The quantitative estimate of drug-likeness (QED) is 0.0261. The van der Waals surface area contributed by atoms with Crippen LogP contribution in [0.2, 0.25) is 0 Å². The van der Waals surface area contributed by atoms with E-state index in [4.69, 9.17) is 14.2 Å². The smallest absolute Gasteiger partial charge is 0.306 e. The summed E-state index contributed by atoms with van der Waals surface area (Å²) in [6.45, 7) is 6.74. The summed E-state index contributed by atoms with van der Waals surface area (Å²) in [6, 6.07) is 0. The van der Waals surface area contributed by atoms with E-state index in [-0.39, 0.29) is 31.1 Å². The molecule has 1 unspecified atom stereocenters. The molecule has 0 N–H and O–H groups in total. The maximum absolute atomic E-state index is 13.0.